The number of nitriles is 1. The van der Waals surface area contributed by atoms with E-state index >= 15 is 0 Å². The lowest BCUT2D eigenvalue weighted by Gasteiger charge is -2.26. The second-order valence-electron chi connectivity index (χ2n) is 8.81. The normalized spacial score (nSPS) is 14.7. The third-order valence-corrected chi connectivity index (χ3v) is 5.68. The molecule has 0 fully saturated rings. The molecule has 8 nitrogen and oxygen atoms in total. The zero-order chi connectivity index (χ0) is 23.6. The van der Waals surface area contributed by atoms with Crippen molar-refractivity contribution in [1.82, 2.24) is 14.9 Å². The van der Waals surface area contributed by atoms with Crippen molar-refractivity contribution in [3.05, 3.63) is 40.1 Å². The fourth-order valence-electron chi connectivity index (χ4n) is 3.54. The van der Waals surface area contributed by atoms with Gasteiger partial charge in [-0.3, -0.25) is 4.21 Å². The van der Waals surface area contributed by atoms with Crippen LogP contribution >= 0.6 is 0 Å². The average molecular weight is 457 g/mol. The number of carbonyl (C=O) groups excluding carboxylic acids is 1. The predicted octanol–water partition coefficient (Wildman–Crippen LogP) is 3.83. The summed E-state index contributed by atoms with van der Waals surface area (Å²) in [5, 5.41) is 9.39. The molecule has 1 unspecified atom stereocenters. The number of hydrogen-bond donors (Lipinski definition) is 0. The molecule has 170 valence electrons. The molecule has 1 aliphatic rings. The monoisotopic (exact) mass is 456 g/mol. The van der Waals surface area contributed by atoms with Crippen LogP contribution in [0.25, 0.3) is 0 Å². The molecular formula is C23H28N4O4S. The highest BCUT2D eigenvalue weighted by Crippen LogP contribution is 2.33. The lowest BCUT2D eigenvalue weighted by atomic mass is 10.1. The van der Waals surface area contributed by atoms with Crippen molar-refractivity contribution in [2.45, 2.75) is 58.2 Å². The Bertz CT molecular complexity index is 1100. The number of ether oxygens (including phenoxy) is 2. The minimum Gasteiger partial charge on any atom is -0.444 e. The van der Waals surface area contributed by atoms with Crippen LogP contribution in [0.1, 0.15) is 48.7 Å². The van der Waals surface area contributed by atoms with Gasteiger partial charge in [-0.2, -0.15) is 10.2 Å². The summed E-state index contributed by atoms with van der Waals surface area (Å²) in [4.78, 5) is 23.2. The van der Waals surface area contributed by atoms with Crippen LogP contribution in [0.4, 0.5) is 4.79 Å². The summed E-state index contributed by atoms with van der Waals surface area (Å²) in [6.45, 7) is 10.1. The van der Waals surface area contributed by atoms with Crippen LogP contribution in [-0.2, 0) is 28.4 Å². The SMILES string of the molecule is Cc1cc(C#N)cc(C)c1Oc1nc(S(C)=O)nc2c1CCN(C(=O)OC(C)(C)C)CC2. The third-order valence-electron chi connectivity index (χ3n) is 4.98. The van der Waals surface area contributed by atoms with Crippen molar-refractivity contribution in [3.63, 3.8) is 0 Å². The van der Waals surface area contributed by atoms with E-state index in [0.29, 0.717) is 43.1 Å². The van der Waals surface area contributed by atoms with Gasteiger partial charge in [0, 0.05) is 31.3 Å². The van der Waals surface area contributed by atoms with E-state index in [1.54, 1.807) is 17.0 Å². The lowest BCUT2D eigenvalue weighted by molar-refractivity contribution is 0.0258. The van der Waals surface area contributed by atoms with E-state index in [0.717, 1.165) is 22.4 Å². The van der Waals surface area contributed by atoms with E-state index in [9.17, 15) is 14.3 Å². The number of carbonyl (C=O) groups is 1. The molecule has 0 spiro atoms. The minimum atomic E-state index is -1.40. The molecule has 2 heterocycles. The highest BCUT2D eigenvalue weighted by molar-refractivity contribution is 7.84. The Morgan fingerprint density at radius 2 is 1.78 bits per heavy atom. The topological polar surface area (TPSA) is 105 Å². The van der Waals surface area contributed by atoms with Gasteiger partial charge in [0.15, 0.2) is 0 Å². The van der Waals surface area contributed by atoms with Crippen molar-refractivity contribution in [2.24, 2.45) is 0 Å². The van der Waals surface area contributed by atoms with Crippen LogP contribution in [-0.4, -0.2) is 50.1 Å². The van der Waals surface area contributed by atoms with Gasteiger partial charge >= 0.3 is 6.09 Å². The number of fused-ring (bicyclic) bond motifs is 1. The van der Waals surface area contributed by atoms with Gasteiger partial charge in [-0.25, -0.2) is 9.78 Å². The molecule has 0 bridgehead atoms. The molecule has 32 heavy (non-hydrogen) atoms. The molecule has 0 aliphatic carbocycles. The first-order chi connectivity index (χ1) is 15.0. The predicted molar refractivity (Wildman–Crippen MR) is 120 cm³/mol. The maximum atomic E-state index is 12.6. The quantitative estimate of drug-likeness (QED) is 0.646. The van der Waals surface area contributed by atoms with E-state index < -0.39 is 16.4 Å². The first-order valence-corrected chi connectivity index (χ1v) is 11.9. The van der Waals surface area contributed by atoms with E-state index in [1.807, 2.05) is 34.6 Å². The van der Waals surface area contributed by atoms with Gasteiger partial charge in [-0.15, -0.1) is 0 Å². The van der Waals surface area contributed by atoms with Crippen molar-refractivity contribution in [2.75, 3.05) is 19.3 Å². The van der Waals surface area contributed by atoms with Crippen LogP contribution < -0.4 is 4.74 Å². The maximum absolute atomic E-state index is 12.6. The van der Waals surface area contributed by atoms with Gasteiger partial charge in [0.05, 0.1) is 28.1 Å². The number of nitrogens with zero attached hydrogens (tertiary/aromatic N) is 4. The summed E-state index contributed by atoms with van der Waals surface area (Å²) >= 11 is 0. The Morgan fingerprint density at radius 3 is 2.34 bits per heavy atom. The van der Waals surface area contributed by atoms with E-state index in [1.165, 1.54) is 6.26 Å². The van der Waals surface area contributed by atoms with E-state index in [-0.39, 0.29) is 11.2 Å². The summed E-state index contributed by atoms with van der Waals surface area (Å²) in [6, 6.07) is 5.65. The number of amides is 1. The van der Waals surface area contributed by atoms with Crippen molar-refractivity contribution >= 4 is 16.9 Å². The van der Waals surface area contributed by atoms with Crippen LogP contribution in [0.2, 0.25) is 0 Å². The zero-order valence-electron chi connectivity index (χ0n) is 19.3. The second-order valence-corrected chi connectivity index (χ2v) is 10.1. The summed E-state index contributed by atoms with van der Waals surface area (Å²) in [7, 11) is -1.40. The minimum absolute atomic E-state index is 0.188. The summed E-state index contributed by atoms with van der Waals surface area (Å²) in [5.74, 6) is 0.938. The molecule has 1 amide bonds. The number of hydrogen-bond acceptors (Lipinski definition) is 7. The van der Waals surface area contributed by atoms with Crippen molar-refractivity contribution in [3.8, 4) is 17.7 Å². The van der Waals surface area contributed by atoms with Gasteiger partial charge in [-0.05, 0) is 64.3 Å². The molecule has 0 radical (unpaired) electrons. The Kier molecular flexibility index (Phi) is 6.84. The smallest absolute Gasteiger partial charge is 0.410 e. The molecule has 3 rings (SSSR count). The average Bonchev–Trinajstić information content (AvgIpc) is 2.91. The Labute approximate surface area is 191 Å². The molecule has 1 aromatic heterocycles. The van der Waals surface area contributed by atoms with Crippen LogP contribution in [0.15, 0.2) is 17.3 Å². The number of aryl methyl sites for hydroxylation is 2. The van der Waals surface area contributed by atoms with Crippen LogP contribution in [0, 0.1) is 25.2 Å². The third kappa shape index (κ3) is 5.43. The van der Waals surface area contributed by atoms with Crippen LogP contribution in [0.5, 0.6) is 11.6 Å². The first kappa shape index (κ1) is 23.7. The molecule has 2 aromatic rings. The molecule has 0 saturated carbocycles. The molecule has 0 N–H and O–H groups in total. The summed E-state index contributed by atoms with van der Waals surface area (Å²) in [6.07, 6.45) is 2.10. The largest absolute Gasteiger partial charge is 0.444 e. The van der Waals surface area contributed by atoms with Gasteiger partial charge in [0.2, 0.25) is 11.0 Å². The standard InChI is InChI=1S/C23H28N4O4S/c1-14-11-16(13-24)12-15(2)19(14)30-20-17-7-9-27(22(28)31-23(3,4)5)10-8-18(17)25-21(26-20)32(6)29/h11-12H,7-10H2,1-6H3. The number of aromatic nitrogens is 2. The lowest BCUT2D eigenvalue weighted by Crippen LogP contribution is -2.38. The molecule has 1 aromatic carbocycles. The molecule has 9 heteroatoms. The van der Waals surface area contributed by atoms with E-state index in [2.05, 4.69) is 16.0 Å². The van der Waals surface area contributed by atoms with Gasteiger partial charge in [0.1, 0.15) is 11.4 Å². The van der Waals surface area contributed by atoms with E-state index in [4.69, 9.17) is 9.47 Å². The van der Waals surface area contributed by atoms with Gasteiger partial charge < -0.3 is 14.4 Å². The van der Waals surface area contributed by atoms with Gasteiger partial charge in [0.25, 0.3) is 0 Å². The summed E-state index contributed by atoms with van der Waals surface area (Å²) < 4.78 is 23.9. The van der Waals surface area contributed by atoms with Gasteiger partial charge in [-0.1, -0.05) is 0 Å². The molecular weight excluding hydrogens is 428 g/mol. The number of benzene rings is 1. The Hall–Kier alpha value is -2.99. The molecule has 1 atom stereocenters. The Morgan fingerprint density at radius 1 is 1.16 bits per heavy atom. The maximum Gasteiger partial charge on any atom is 0.410 e. The highest BCUT2D eigenvalue weighted by atomic mass is 32.2. The number of rotatable bonds is 3. The molecule has 0 saturated heterocycles. The van der Waals surface area contributed by atoms with Crippen molar-refractivity contribution in [1.29, 1.82) is 5.26 Å². The second kappa shape index (κ2) is 9.25. The van der Waals surface area contributed by atoms with Crippen LogP contribution in [0.3, 0.4) is 0 Å². The molecule has 1 aliphatic heterocycles. The Balaban J connectivity index is 1.97. The highest BCUT2D eigenvalue weighted by Gasteiger charge is 2.28. The zero-order valence-corrected chi connectivity index (χ0v) is 20.1. The van der Waals surface area contributed by atoms with Crippen molar-refractivity contribution < 1.29 is 18.5 Å². The first-order valence-electron chi connectivity index (χ1n) is 10.4. The fraction of sp³-hybridized carbons (Fsp3) is 0.478. The fourth-order valence-corrected chi connectivity index (χ4v) is 3.99. The summed E-state index contributed by atoms with van der Waals surface area (Å²) in [5.41, 5.74) is 3.08.